The fourth-order valence-electron chi connectivity index (χ4n) is 1.33. The van der Waals surface area contributed by atoms with E-state index in [2.05, 4.69) is 15.9 Å². The van der Waals surface area contributed by atoms with Crippen LogP contribution in [0.5, 0.6) is 0 Å². The van der Waals surface area contributed by atoms with Crippen LogP contribution in [0.15, 0.2) is 16.6 Å². The van der Waals surface area contributed by atoms with Crippen LogP contribution < -0.4 is 5.73 Å². The van der Waals surface area contributed by atoms with Crippen molar-refractivity contribution in [2.45, 2.75) is 32.2 Å². The summed E-state index contributed by atoms with van der Waals surface area (Å²) in [6, 6.07) is 2.67. The monoisotopic (exact) mass is 313 g/mol. The first-order chi connectivity index (χ1) is 7.06. The molecule has 0 amide bonds. The van der Waals surface area contributed by atoms with Crippen LogP contribution in [0.2, 0.25) is 0 Å². The van der Waals surface area contributed by atoms with E-state index in [1.54, 1.807) is 0 Å². The molecule has 0 fully saturated rings. The minimum absolute atomic E-state index is 0. The van der Waals surface area contributed by atoms with E-state index in [9.17, 15) is 8.78 Å². The highest BCUT2D eigenvalue weighted by atomic mass is 79.9. The van der Waals surface area contributed by atoms with Gasteiger partial charge in [-0.1, -0.05) is 22.9 Å². The summed E-state index contributed by atoms with van der Waals surface area (Å²) in [5, 5.41) is 0. The van der Waals surface area contributed by atoms with Crippen molar-refractivity contribution in [2.24, 2.45) is 5.73 Å². The summed E-state index contributed by atoms with van der Waals surface area (Å²) in [5.41, 5.74) is 6.10. The number of rotatable bonds is 4. The van der Waals surface area contributed by atoms with Crippen molar-refractivity contribution in [1.82, 2.24) is 0 Å². The quantitative estimate of drug-likeness (QED) is 0.840. The Balaban J connectivity index is 0.00000225. The fourth-order valence-corrected chi connectivity index (χ4v) is 1.84. The number of hydrogen-bond acceptors (Lipinski definition) is 1. The minimum atomic E-state index is -0.807. The van der Waals surface area contributed by atoms with Gasteiger partial charge >= 0.3 is 0 Å². The molecule has 1 atom stereocenters. The van der Waals surface area contributed by atoms with Crippen molar-refractivity contribution >= 4 is 28.3 Å². The molecule has 0 saturated heterocycles. The van der Waals surface area contributed by atoms with Gasteiger partial charge in [-0.05, 0) is 31.4 Å². The molecule has 0 bridgehead atoms. The maximum absolute atomic E-state index is 13.4. The smallest absolute Gasteiger partial charge is 0.163 e. The molecule has 2 N–H and O–H groups in total. The summed E-state index contributed by atoms with van der Waals surface area (Å²) < 4.78 is 26.9. The molecule has 16 heavy (non-hydrogen) atoms. The molecule has 0 aliphatic heterocycles. The Hall–Kier alpha value is -0.190. The Morgan fingerprint density at radius 3 is 2.56 bits per heavy atom. The van der Waals surface area contributed by atoms with E-state index in [4.69, 9.17) is 5.73 Å². The molecule has 0 aromatic heterocycles. The molecular weight excluding hydrogens is 299 g/mol. The molecule has 0 aliphatic rings. The molecule has 0 spiro atoms. The second kappa shape index (κ2) is 7.20. The highest BCUT2D eigenvalue weighted by molar-refractivity contribution is 9.10. The Labute approximate surface area is 109 Å². The van der Waals surface area contributed by atoms with Crippen molar-refractivity contribution in [3.05, 3.63) is 33.8 Å². The maximum Gasteiger partial charge on any atom is 0.163 e. The lowest BCUT2D eigenvalue weighted by Crippen LogP contribution is -2.19. The van der Waals surface area contributed by atoms with Crippen LogP contribution in [0, 0.1) is 11.6 Å². The predicted molar refractivity (Wildman–Crippen MR) is 67.9 cm³/mol. The second-order valence-electron chi connectivity index (χ2n) is 3.53. The zero-order chi connectivity index (χ0) is 11.4. The first-order valence-corrected chi connectivity index (χ1v) is 5.73. The van der Waals surface area contributed by atoms with Crippen LogP contribution in [0.3, 0.4) is 0 Å². The van der Waals surface area contributed by atoms with E-state index in [1.807, 2.05) is 6.92 Å². The van der Waals surface area contributed by atoms with E-state index in [-0.39, 0.29) is 18.4 Å². The highest BCUT2D eigenvalue weighted by Gasteiger charge is 2.12. The number of halogens is 4. The van der Waals surface area contributed by atoms with Gasteiger partial charge in [-0.3, -0.25) is 0 Å². The van der Waals surface area contributed by atoms with Gasteiger partial charge in [-0.2, -0.15) is 0 Å². The maximum atomic E-state index is 13.4. The average Bonchev–Trinajstić information content (AvgIpc) is 2.23. The van der Waals surface area contributed by atoms with E-state index in [0.717, 1.165) is 12.5 Å². The molecule has 92 valence electrons. The third kappa shape index (κ3) is 4.00. The van der Waals surface area contributed by atoms with Crippen LogP contribution in [-0.2, 0) is 6.42 Å². The zero-order valence-corrected chi connectivity index (χ0v) is 11.4. The molecule has 0 radical (unpaired) electrons. The van der Waals surface area contributed by atoms with Crippen LogP contribution >= 0.6 is 28.3 Å². The van der Waals surface area contributed by atoms with E-state index in [0.29, 0.717) is 22.9 Å². The standard InChI is InChI=1S/C11H14BrF2N.ClH/c1-2-7(15)3-4-8-9(12)5-6-10(13)11(8)14;/h5-7H,2-4,15H2,1H3;1H. The summed E-state index contributed by atoms with van der Waals surface area (Å²) in [6.45, 7) is 1.97. The van der Waals surface area contributed by atoms with Gasteiger partial charge in [0.1, 0.15) is 0 Å². The predicted octanol–water partition coefficient (Wildman–Crippen LogP) is 3.82. The molecule has 0 saturated carbocycles. The van der Waals surface area contributed by atoms with Gasteiger partial charge in [-0.15, -0.1) is 12.4 Å². The van der Waals surface area contributed by atoms with Crippen LogP contribution in [-0.4, -0.2) is 6.04 Å². The van der Waals surface area contributed by atoms with Gasteiger partial charge in [0.15, 0.2) is 11.6 Å². The van der Waals surface area contributed by atoms with E-state index < -0.39 is 11.6 Å². The van der Waals surface area contributed by atoms with Crippen molar-refractivity contribution in [3.8, 4) is 0 Å². The number of hydrogen-bond donors (Lipinski definition) is 1. The Morgan fingerprint density at radius 2 is 2.00 bits per heavy atom. The van der Waals surface area contributed by atoms with Crippen LogP contribution in [0.4, 0.5) is 8.78 Å². The van der Waals surface area contributed by atoms with Crippen molar-refractivity contribution in [3.63, 3.8) is 0 Å². The van der Waals surface area contributed by atoms with E-state index >= 15 is 0 Å². The van der Waals surface area contributed by atoms with Gasteiger partial charge in [0.05, 0.1) is 0 Å². The molecule has 0 aliphatic carbocycles. The minimum Gasteiger partial charge on any atom is -0.328 e. The average molecular weight is 315 g/mol. The lowest BCUT2D eigenvalue weighted by Gasteiger charge is -2.10. The van der Waals surface area contributed by atoms with Gasteiger partial charge in [-0.25, -0.2) is 8.78 Å². The first-order valence-electron chi connectivity index (χ1n) is 4.94. The topological polar surface area (TPSA) is 26.0 Å². The number of nitrogens with two attached hydrogens (primary N) is 1. The molecule has 1 aromatic carbocycles. The van der Waals surface area contributed by atoms with Gasteiger partial charge in [0, 0.05) is 16.1 Å². The van der Waals surface area contributed by atoms with Crippen molar-refractivity contribution < 1.29 is 8.78 Å². The highest BCUT2D eigenvalue weighted by Crippen LogP contribution is 2.23. The molecule has 1 aromatic rings. The zero-order valence-electron chi connectivity index (χ0n) is 8.97. The van der Waals surface area contributed by atoms with Crippen LogP contribution in [0.1, 0.15) is 25.3 Å². The second-order valence-corrected chi connectivity index (χ2v) is 4.38. The lowest BCUT2D eigenvalue weighted by atomic mass is 10.0. The molecule has 1 unspecified atom stereocenters. The summed E-state index contributed by atoms with van der Waals surface area (Å²) >= 11 is 3.21. The Kier molecular flexibility index (Phi) is 7.11. The molecule has 1 nitrogen and oxygen atoms in total. The normalized spacial score (nSPS) is 12.1. The molecule has 0 heterocycles. The Morgan fingerprint density at radius 1 is 1.38 bits per heavy atom. The van der Waals surface area contributed by atoms with E-state index in [1.165, 1.54) is 6.07 Å². The Bertz CT molecular complexity index is 347. The number of benzene rings is 1. The third-order valence-electron chi connectivity index (χ3n) is 2.43. The molecule has 1 rings (SSSR count). The van der Waals surface area contributed by atoms with Gasteiger partial charge in [0.2, 0.25) is 0 Å². The van der Waals surface area contributed by atoms with Crippen molar-refractivity contribution in [2.75, 3.05) is 0 Å². The van der Waals surface area contributed by atoms with Gasteiger partial charge < -0.3 is 5.73 Å². The summed E-state index contributed by atoms with van der Waals surface area (Å²) in [5.74, 6) is -1.58. The van der Waals surface area contributed by atoms with Crippen molar-refractivity contribution in [1.29, 1.82) is 0 Å². The SMILES string of the molecule is CCC(N)CCc1c(Br)ccc(F)c1F.Cl. The van der Waals surface area contributed by atoms with Gasteiger partial charge in [0.25, 0.3) is 0 Å². The summed E-state index contributed by atoms with van der Waals surface area (Å²) in [4.78, 5) is 0. The molecular formula is C11H15BrClF2N. The fraction of sp³-hybridized carbons (Fsp3) is 0.455. The van der Waals surface area contributed by atoms with Crippen LogP contribution in [0.25, 0.3) is 0 Å². The third-order valence-corrected chi connectivity index (χ3v) is 3.17. The first kappa shape index (κ1) is 15.8. The summed E-state index contributed by atoms with van der Waals surface area (Å²) in [7, 11) is 0. The largest absolute Gasteiger partial charge is 0.328 e. The lowest BCUT2D eigenvalue weighted by molar-refractivity contribution is 0.491. The molecule has 5 heteroatoms. The summed E-state index contributed by atoms with van der Waals surface area (Å²) in [6.07, 6.45) is 1.96.